The van der Waals surface area contributed by atoms with Crippen molar-refractivity contribution in [3.05, 3.63) is 59.8 Å². The van der Waals surface area contributed by atoms with Crippen molar-refractivity contribution in [2.45, 2.75) is 55.7 Å². The molecular formula is C31H40N8O5S. The quantitative estimate of drug-likeness (QED) is 0.219. The summed E-state index contributed by atoms with van der Waals surface area (Å²) < 4.78 is 38.5. The molecular weight excluding hydrogens is 596 g/mol. The van der Waals surface area contributed by atoms with E-state index >= 15 is 0 Å². The zero-order valence-electron chi connectivity index (χ0n) is 26.1. The van der Waals surface area contributed by atoms with Gasteiger partial charge in [0, 0.05) is 26.3 Å². The largest absolute Gasteiger partial charge is 0.495 e. The van der Waals surface area contributed by atoms with Gasteiger partial charge in [0.05, 0.1) is 41.4 Å². The lowest BCUT2D eigenvalue weighted by molar-refractivity contribution is -0.134. The van der Waals surface area contributed by atoms with E-state index in [1.54, 1.807) is 57.5 Å². The van der Waals surface area contributed by atoms with E-state index in [0.29, 0.717) is 35.9 Å². The fourth-order valence-electron chi connectivity index (χ4n) is 5.58. The minimum Gasteiger partial charge on any atom is -0.495 e. The lowest BCUT2D eigenvalue weighted by Gasteiger charge is -2.34. The number of rotatable bonds is 11. The molecule has 1 fully saturated rings. The second kappa shape index (κ2) is 13.4. The summed E-state index contributed by atoms with van der Waals surface area (Å²) in [4.78, 5) is 23.9. The van der Waals surface area contributed by atoms with Gasteiger partial charge < -0.3 is 30.7 Å². The van der Waals surface area contributed by atoms with Crippen LogP contribution in [0, 0.1) is 6.92 Å². The summed E-state index contributed by atoms with van der Waals surface area (Å²) in [6, 6.07) is 11.8. The number of fused-ring (bicyclic) bond motifs is 1. The van der Waals surface area contributed by atoms with Crippen molar-refractivity contribution in [2.24, 2.45) is 5.73 Å². The molecule has 1 aliphatic rings. The fourth-order valence-corrected chi connectivity index (χ4v) is 6.78. The maximum Gasteiger partial charge on any atom is 0.241 e. The number of anilines is 4. The van der Waals surface area contributed by atoms with Gasteiger partial charge in [0.2, 0.25) is 17.8 Å². The Morgan fingerprint density at radius 3 is 2.49 bits per heavy atom. The van der Waals surface area contributed by atoms with E-state index in [0.717, 1.165) is 24.0 Å². The summed E-state index contributed by atoms with van der Waals surface area (Å²) in [5.41, 5.74) is 9.77. The van der Waals surface area contributed by atoms with Crippen LogP contribution in [0.3, 0.4) is 0 Å². The molecule has 1 aliphatic heterocycles. The number of aryl methyl sites for hydroxylation is 1. The number of carbonyl (C=O) groups is 1. The third kappa shape index (κ3) is 6.72. The average molecular weight is 637 g/mol. The number of sulfone groups is 1. The summed E-state index contributed by atoms with van der Waals surface area (Å²) in [6.45, 7) is 6.79. The highest BCUT2D eigenvalue weighted by atomic mass is 32.2. The van der Waals surface area contributed by atoms with Gasteiger partial charge in [-0.2, -0.15) is 19.6 Å². The normalized spacial score (nSPS) is 15.0. The van der Waals surface area contributed by atoms with Gasteiger partial charge in [-0.25, -0.2) is 8.42 Å². The highest BCUT2D eigenvalue weighted by molar-refractivity contribution is 7.92. The second-order valence-electron chi connectivity index (χ2n) is 11.4. The first-order chi connectivity index (χ1) is 21.5. The molecule has 1 saturated heterocycles. The van der Waals surface area contributed by atoms with Gasteiger partial charge in [-0.1, -0.05) is 12.1 Å². The summed E-state index contributed by atoms with van der Waals surface area (Å²) in [6.07, 6.45) is 3.22. The number of amides is 1. The average Bonchev–Trinajstić information content (AvgIpc) is 3.50. The molecule has 0 aliphatic carbocycles. The molecule has 2 aromatic heterocycles. The number of benzene rings is 2. The van der Waals surface area contributed by atoms with E-state index in [1.165, 1.54) is 11.6 Å². The van der Waals surface area contributed by atoms with Gasteiger partial charge in [0.15, 0.2) is 15.5 Å². The minimum atomic E-state index is -3.56. The van der Waals surface area contributed by atoms with Gasteiger partial charge in [-0.05, 0) is 74.9 Å². The Morgan fingerprint density at radius 2 is 1.80 bits per heavy atom. The summed E-state index contributed by atoms with van der Waals surface area (Å²) in [5.74, 6) is 1.36. The SMILES string of the molecule is COC[C@H](N)C(=O)N1CCC(c2cc(OC)c(Nc3nc(Nc4ccccc4S(=O)(=O)C(C)C)n4nccc4n3)cc2C)CC1. The van der Waals surface area contributed by atoms with Gasteiger partial charge in [0.1, 0.15) is 11.8 Å². The van der Waals surface area contributed by atoms with Crippen molar-refractivity contribution in [3.8, 4) is 5.75 Å². The van der Waals surface area contributed by atoms with Crippen LogP contribution in [0.15, 0.2) is 53.6 Å². The number of carbonyl (C=O) groups excluding carboxylic acids is 1. The highest BCUT2D eigenvalue weighted by Crippen LogP contribution is 2.37. The molecule has 3 heterocycles. The number of likely N-dealkylation sites (tertiary alicyclic amines) is 1. The molecule has 240 valence electrons. The smallest absolute Gasteiger partial charge is 0.241 e. The molecule has 13 nitrogen and oxygen atoms in total. The molecule has 2 aromatic carbocycles. The third-order valence-electron chi connectivity index (χ3n) is 8.06. The van der Waals surface area contributed by atoms with E-state index in [4.69, 9.17) is 15.2 Å². The molecule has 1 atom stereocenters. The number of nitrogens with two attached hydrogens (primary N) is 1. The predicted octanol–water partition coefficient (Wildman–Crippen LogP) is 3.79. The summed E-state index contributed by atoms with van der Waals surface area (Å²) >= 11 is 0. The van der Waals surface area contributed by atoms with Crippen molar-refractivity contribution in [3.63, 3.8) is 0 Å². The molecule has 0 bridgehead atoms. The van der Waals surface area contributed by atoms with Crippen LogP contribution >= 0.6 is 0 Å². The van der Waals surface area contributed by atoms with Crippen molar-refractivity contribution < 1.29 is 22.7 Å². The molecule has 4 aromatic rings. The van der Waals surface area contributed by atoms with Crippen LogP contribution in [0.5, 0.6) is 5.75 Å². The number of hydrogen-bond acceptors (Lipinski definition) is 11. The molecule has 5 rings (SSSR count). The number of hydrogen-bond donors (Lipinski definition) is 3. The van der Waals surface area contributed by atoms with Crippen LogP contribution < -0.4 is 21.1 Å². The second-order valence-corrected chi connectivity index (χ2v) is 13.9. The fraction of sp³-hybridized carbons (Fsp3) is 0.419. The first-order valence-electron chi connectivity index (χ1n) is 14.8. The van der Waals surface area contributed by atoms with Crippen LogP contribution in [-0.2, 0) is 19.4 Å². The Bertz CT molecular complexity index is 1780. The van der Waals surface area contributed by atoms with Gasteiger partial charge >= 0.3 is 0 Å². The minimum absolute atomic E-state index is 0.0850. The van der Waals surface area contributed by atoms with Crippen molar-refractivity contribution in [1.29, 1.82) is 0 Å². The standard InChI is InChI=1S/C31H40N8O5S/c1-19(2)45(41,42)27-9-7-6-8-24(27)35-31-37-30(36-28-10-13-33-39(28)31)34-25-16-20(3)22(17-26(25)44-5)21-11-14-38(15-12-21)29(40)23(32)18-43-4/h6-10,13,16-17,19,21,23H,11-12,14-15,18,32H2,1-5H3,(H2,34,35,36,37)/t23-/m0/s1. The van der Waals surface area contributed by atoms with Gasteiger partial charge in [-0.15, -0.1) is 0 Å². The molecule has 0 unspecified atom stereocenters. The van der Waals surface area contributed by atoms with E-state index in [2.05, 4.69) is 25.7 Å². The first kappa shape index (κ1) is 32.1. The number of aromatic nitrogens is 4. The lowest BCUT2D eigenvalue weighted by atomic mass is 9.86. The molecule has 0 radical (unpaired) electrons. The predicted molar refractivity (Wildman–Crippen MR) is 172 cm³/mol. The van der Waals surface area contributed by atoms with Gasteiger partial charge in [-0.3, -0.25) is 4.79 Å². The lowest BCUT2D eigenvalue weighted by Crippen LogP contribution is -2.48. The Morgan fingerprint density at radius 1 is 1.07 bits per heavy atom. The number of piperidine rings is 1. The summed E-state index contributed by atoms with van der Waals surface area (Å²) in [7, 11) is -0.419. The Labute approximate surface area is 263 Å². The highest BCUT2D eigenvalue weighted by Gasteiger charge is 2.28. The Balaban J connectivity index is 1.39. The molecule has 4 N–H and O–H groups in total. The number of para-hydroxylation sites is 1. The van der Waals surface area contributed by atoms with E-state index < -0.39 is 21.1 Å². The summed E-state index contributed by atoms with van der Waals surface area (Å²) in [5, 5.41) is 10.2. The molecule has 14 heteroatoms. The zero-order valence-corrected chi connectivity index (χ0v) is 27.0. The number of methoxy groups -OCH3 is 2. The van der Waals surface area contributed by atoms with Crippen LogP contribution in [0.1, 0.15) is 43.7 Å². The van der Waals surface area contributed by atoms with Gasteiger partial charge in [0.25, 0.3) is 0 Å². The molecule has 0 spiro atoms. The number of ether oxygens (including phenoxy) is 2. The third-order valence-corrected chi connectivity index (χ3v) is 10.3. The van der Waals surface area contributed by atoms with Crippen molar-refractivity contribution in [2.75, 3.05) is 44.5 Å². The van der Waals surface area contributed by atoms with Crippen molar-refractivity contribution in [1.82, 2.24) is 24.5 Å². The van der Waals surface area contributed by atoms with E-state index in [-0.39, 0.29) is 35.2 Å². The monoisotopic (exact) mass is 636 g/mol. The van der Waals surface area contributed by atoms with Crippen LogP contribution in [0.4, 0.5) is 23.3 Å². The maximum absolute atomic E-state index is 13.1. The molecule has 1 amide bonds. The zero-order chi connectivity index (χ0) is 32.3. The van der Waals surface area contributed by atoms with E-state index in [1.807, 2.05) is 24.0 Å². The first-order valence-corrected chi connectivity index (χ1v) is 16.4. The Hall–Kier alpha value is -4.27. The number of nitrogens with zero attached hydrogens (tertiary/aromatic N) is 5. The Kier molecular flexibility index (Phi) is 9.56. The topological polar surface area (TPSA) is 166 Å². The molecule has 0 saturated carbocycles. The van der Waals surface area contributed by atoms with E-state index in [9.17, 15) is 13.2 Å². The van der Waals surface area contributed by atoms with Crippen LogP contribution in [0.2, 0.25) is 0 Å². The molecule has 45 heavy (non-hydrogen) atoms. The van der Waals surface area contributed by atoms with Crippen LogP contribution in [-0.4, -0.2) is 84.0 Å². The van der Waals surface area contributed by atoms with Crippen LogP contribution in [0.25, 0.3) is 5.65 Å². The maximum atomic E-state index is 13.1. The number of nitrogens with one attached hydrogen (secondary N) is 2. The van der Waals surface area contributed by atoms with Crippen molar-refractivity contribution >= 4 is 44.7 Å².